The lowest BCUT2D eigenvalue weighted by atomic mass is 10.2. The molecular weight excluding hydrogens is 130 g/mol. The summed E-state index contributed by atoms with van der Waals surface area (Å²) in [4.78, 5) is 10.6. The van der Waals surface area contributed by atoms with Gasteiger partial charge in [0.15, 0.2) is 0 Å². The Morgan fingerprint density at radius 3 is 2.80 bits per heavy atom. The number of carbonyl (C=O) groups is 1. The Balaban J connectivity index is 3.91. The SMILES string of the molecule is C=CCC=C(C)C(=O)NO. The number of hydrogen-bond donors (Lipinski definition) is 2. The highest BCUT2D eigenvalue weighted by molar-refractivity contribution is 5.91. The third-order valence-electron chi connectivity index (χ3n) is 1.05. The smallest absolute Gasteiger partial charge is 0.269 e. The van der Waals surface area contributed by atoms with E-state index in [1.807, 2.05) is 0 Å². The van der Waals surface area contributed by atoms with E-state index in [-0.39, 0.29) is 0 Å². The first-order valence-electron chi connectivity index (χ1n) is 2.94. The maximum absolute atomic E-state index is 10.6. The zero-order valence-corrected chi connectivity index (χ0v) is 5.92. The van der Waals surface area contributed by atoms with Crippen LogP contribution in [0.15, 0.2) is 24.3 Å². The van der Waals surface area contributed by atoms with Crippen LogP contribution in [0.25, 0.3) is 0 Å². The van der Waals surface area contributed by atoms with Gasteiger partial charge in [0, 0.05) is 5.57 Å². The van der Waals surface area contributed by atoms with Crippen molar-refractivity contribution in [2.45, 2.75) is 13.3 Å². The van der Waals surface area contributed by atoms with Gasteiger partial charge in [0.25, 0.3) is 5.91 Å². The summed E-state index contributed by atoms with van der Waals surface area (Å²) in [5, 5.41) is 8.14. The molecule has 10 heavy (non-hydrogen) atoms. The molecule has 3 heteroatoms. The van der Waals surface area contributed by atoms with Crippen LogP contribution in [0.2, 0.25) is 0 Å². The van der Waals surface area contributed by atoms with Crippen LogP contribution < -0.4 is 5.48 Å². The molecule has 0 aromatic rings. The average molecular weight is 141 g/mol. The summed E-state index contributed by atoms with van der Waals surface area (Å²) in [6, 6.07) is 0. The molecule has 0 atom stereocenters. The molecule has 0 aromatic carbocycles. The van der Waals surface area contributed by atoms with Gasteiger partial charge in [-0.2, -0.15) is 0 Å². The van der Waals surface area contributed by atoms with Gasteiger partial charge < -0.3 is 0 Å². The second-order valence-electron chi connectivity index (χ2n) is 1.85. The van der Waals surface area contributed by atoms with E-state index in [0.29, 0.717) is 12.0 Å². The maximum atomic E-state index is 10.6. The standard InChI is InChI=1S/C7H11NO2/c1-3-4-5-6(2)7(9)8-10/h3,5,10H,1,4H2,2H3,(H,8,9). The summed E-state index contributed by atoms with van der Waals surface area (Å²) < 4.78 is 0. The predicted octanol–water partition coefficient (Wildman–Crippen LogP) is 1.01. The Kier molecular flexibility index (Phi) is 4.24. The van der Waals surface area contributed by atoms with Gasteiger partial charge in [-0.05, 0) is 13.3 Å². The largest absolute Gasteiger partial charge is 0.288 e. The van der Waals surface area contributed by atoms with Crippen molar-refractivity contribution in [3.63, 3.8) is 0 Å². The van der Waals surface area contributed by atoms with Gasteiger partial charge >= 0.3 is 0 Å². The molecule has 1 amide bonds. The highest BCUT2D eigenvalue weighted by Gasteiger charge is 1.98. The van der Waals surface area contributed by atoms with Gasteiger partial charge in [-0.3, -0.25) is 10.0 Å². The van der Waals surface area contributed by atoms with Crippen molar-refractivity contribution in [1.29, 1.82) is 0 Å². The molecule has 56 valence electrons. The Labute approximate surface area is 60.0 Å². The highest BCUT2D eigenvalue weighted by atomic mass is 16.5. The molecule has 0 aliphatic heterocycles. The van der Waals surface area contributed by atoms with E-state index in [1.54, 1.807) is 19.1 Å². The van der Waals surface area contributed by atoms with Crippen LogP contribution in [-0.2, 0) is 4.79 Å². The molecule has 0 saturated heterocycles. The normalized spacial score (nSPS) is 10.8. The van der Waals surface area contributed by atoms with E-state index in [1.165, 1.54) is 5.48 Å². The Bertz CT molecular complexity index is 161. The monoisotopic (exact) mass is 141 g/mol. The van der Waals surface area contributed by atoms with Crippen LogP contribution in [0.1, 0.15) is 13.3 Å². The first-order valence-corrected chi connectivity index (χ1v) is 2.94. The van der Waals surface area contributed by atoms with Gasteiger partial charge in [-0.1, -0.05) is 12.2 Å². The van der Waals surface area contributed by atoms with Crippen molar-refractivity contribution in [3.05, 3.63) is 24.3 Å². The van der Waals surface area contributed by atoms with Gasteiger partial charge in [-0.25, -0.2) is 5.48 Å². The molecule has 0 fully saturated rings. The van der Waals surface area contributed by atoms with Crippen LogP contribution in [-0.4, -0.2) is 11.1 Å². The lowest BCUT2D eigenvalue weighted by Crippen LogP contribution is -2.19. The molecule has 3 nitrogen and oxygen atoms in total. The Morgan fingerprint density at radius 2 is 2.40 bits per heavy atom. The summed E-state index contributed by atoms with van der Waals surface area (Å²) in [6.07, 6.45) is 3.99. The van der Waals surface area contributed by atoms with Crippen molar-refractivity contribution in [3.8, 4) is 0 Å². The zero-order chi connectivity index (χ0) is 7.98. The summed E-state index contributed by atoms with van der Waals surface area (Å²) in [6.45, 7) is 5.10. The molecule has 0 saturated carbocycles. The molecule has 0 rings (SSSR count). The van der Waals surface area contributed by atoms with Crippen LogP contribution in [0.3, 0.4) is 0 Å². The lowest BCUT2D eigenvalue weighted by molar-refractivity contribution is -0.125. The van der Waals surface area contributed by atoms with E-state index in [9.17, 15) is 4.79 Å². The van der Waals surface area contributed by atoms with E-state index >= 15 is 0 Å². The van der Waals surface area contributed by atoms with Gasteiger partial charge in [0.05, 0.1) is 0 Å². The van der Waals surface area contributed by atoms with Gasteiger partial charge in [0.1, 0.15) is 0 Å². The summed E-state index contributed by atoms with van der Waals surface area (Å²) in [5.74, 6) is -0.471. The van der Waals surface area contributed by atoms with Crippen molar-refractivity contribution >= 4 is 5.91 Å². The van der Waals surface area contributed by atoms with E-state index < -0.39 is 5.91 Å². The summed E-state index contributed by atoms with van der Waals surface area (Å²) >= 11 is 0. The minimum absolute atomic E-state index is 0.471. The molecular formula is C7H11NO2. The van der Waals surface area contributed by atoms with E-state index in [2.05, 4.69) is 6.58 Å². The zero-order valence-electron chi connectivity index (χ0n) is 5.92. The molecule has 0 spiro atoms. The maximum Gasteiger partial charge on any atom is 0.269 e. The van der Waals surface area contributed by atoms with Crippen molar-refractivity contribution in [1.82, 2.24) is 5.48 Å². The van der Waals surface area contributed by atoms with Crippen molar-refractivity contribution in [2.75, 3.05) is 0 Å². The van der Waals surface area contributed by atoms with Gasteiger partial charge in [-0.15, -0.1) is 6.58 Å². The number of hydroxylamine groups is 1. The number of amides is 1. The van der Waals surface area contributed by atoms with E-state index in [0.717, 1.165) is 0 Å². The fraction of sp³-hybridized carbons (Fsp3) is 0.286. The number of carbonyl (C=O) groups excluding carboxylic acids is 1. The number of nitrogens with one attached hydrogen (secondary N) is 1. The highest BCUT2D eigenvalue weighted by Crippen LogP contribution is 1.94. The average Bonchev–Trinajstić information content (AvgIpc) is 1.98. The number of rotatable bonds is 3. The number of hydrogen-bond acceptors (Lipinski definition) is 2. The molecule has 0 bridgehead atoms. The summed E-state index contributed by atoms with van der Waals surface area (Å²) in [7, 11) is 0. The molecule has 2 N–H and O–H groups in total. The molecule has 0 aromatic heterocycles. The molecule has 0 aliphatic rings. The second kappa shape index (κ2) is 4.76. The topological polar surface area (TPSA) is 49.3 Å². The third kappa shape index (κ3) is 3.04. The molecule has 0 radical (unpaired) electrons. The minimum Gasteiger partial charge on any atom is -0.288 e. The van der Waals surface area contributed by atoms with Crippen LogP contribution in [0.5, 0.6) is 0 Å². The van der Waals surface area contributed by atoms with Crippen molar-refractivity contribution in [2.24, 2.45) is 0 Å². The third-order valence-corrected chi connectivity index (χ3v) is 1.05. The quantitative estimate of drug-likeness (QED) is 0.267. The lowest BCUT2D eigenvalue weighted by Gasteiger charge is -1.95. The summed E-state index contributed by atoms with van der Waals surface area (Å²) in [5.41, 5.74) is 2.02. The predicted molar refractivity (Wildman–Crippen MR) is 38.5 cm³/mol. The first-order chi connectivity index (χ1) is 4.72. The Morgan fingerprint density at radius 1 is 1.80 bits per heavy atom. The molecule has 0 heterocycles. The minimum atomic E-state index is -0.471. The van der Waals surface area contributed by atoms with Crippen molar-refractivity contribution < 1.29 is 10.0 Å². The molecule has 0 aliphatic carbocycles. The fourth-order valence-corrected chi connectivity index (χ4v) is 0.441. The molecule has 0 unspecified atom stereocenters. The first kappa shape index (κ1) is 8.91. The Hall–Kier alpha value is -1.09. The van der Waals surface area contributed by atoms with Crippen LogP contribution in [0, 0.1) is 0 Å². The fourth-order valence-electron chi connectivity index (χ4n) is 0.441. The van der Waals surface area contributed by atoms with Gasteiger partial charge in [0.2, 0.25) is 0 Å². The van der Waals surface area contributed by atoms with E-state index in [4.69, 9.17) is 5.21 Å². The van der Waals surface area contributed by atoms with Crippen LogP contribution >= 0.6 is 0 Å². The number of allylic oxidation sites excluding steroid dienone is 2. The van der Waals surface area contributed by atoms with Crippen LogP contribution in [0.4, 0.5) is 0 Å². The second-order valence-corrected chi connectivity index (χ2v) is 1.85.